The van der Waals surface area contributed by atoms with Gasteiger partial charge in [0.2, 0.25) is 0 Å². The van der Waals surface area contributed by atoms with Gasteiger partial charge in [0, 0.05) is 12.8 Å². The van der Waals surface area contributed by atoms with Gasteiger partial charge in [-0.2, -0.15) is 0 Å². The Balaban J connectivity index is 3.59. The summed E-state index contributed by atoms with van der Waals surface area (Å²) in [4.78, 5) is 10.9. The predicted octanol–water partition coefficient (Wildman–Crippen LogP) is 7.17. The normalized spacial score (nSPS) is 12.6. The number of carboxylic acids is 1. The first kappa shape index (κ1) is 27.4. The highest BCUT2D eigenvalue weighted by Gasteiger charge is 2.34. The van der Waals surface area contributed by atoms with E-state index in [1.165, 1.54) is 38.5 Å². The molecule has 0 saturated heterocycles. The van der Waals surface area contributed by atoms with E-state index in [1.807, 2.05) is 0 Å². The maximum Gasteiger partial charge on any atom is 0.309 e. The number of hydrogen-bond acceptors (Lipinski definition) is 1. The first-order chi connectivity index (χ1) is 14.0. The number of halogens is 3. The number of rotatable bonds is 17. The molecule has 0 rings (SSSR count). The fraction of sp³-hybridized carbons (Fsp3) is 0.792. The van der Waals surface area contributed by atoms with Crippen LogP contribution in [0.5, 0.6) is 0 Å². The van der Waals surface area contributed by atoms with Gasteiger partial charge in [-0.1, -0.05) is 83.0 Å². The molecule has 29 heavy (non-hydrogen) atoms. The van der Waals surface area contributed by atoms with E-state index in [1.54, 1.807) is 0 Å². The molecule has 0 aliphatic carbocycles. The SMILES string of the molecule is CCCCCCCCCC#CC#CCCCCCCCC(C(=O)O)C(F)C(F)F. The van der Waals surface area contributed by atoms with Crippen molar-refractivity contribution in [3.05, 3.63) is 0 Å². The number of aliphatic carboxylic acids is 1. The Morgan fingerprint density at radius 1 is 0.759 bits per heavy atom. The number of alkyl halides is 3. The Morgan fingerprint density at radius 3 is 1.66 bits per heavy atom. The van der Waals surface area contributed by atoms with Crippen LogP contribution in [0.25, 0.3) is 0 Å². The summed E-state index contributed by atoms with van der Waals surface area (Å²) in [6.45, 7) is 2.22. The molecular formula is C24H37F3O2. The standard InChI is InChI=1S/C24H37F3O2/c1-2-3-4-5-6-7-8-9-10-11-12-13-14-15-16-17-18-19-20-21(24(28)29)22(25)23(26)27/h21-23H,2-9,14-20H2,1H3,(H,28,29). The van der Waals surface area contributed by atoms with Gasteiger partial charge in [0.25, 0.3) is 6.43 Å². The van der Waals surface area contributed by atoms with Crippen LogP contribution in [-0.4, -0.2) is 23.7 Å². The van der Waals surface area contributed by atoms with Crippen molar-refractivity contribution in [1.82, 2.24) is 0 Å². The Kier molecular flexibility index (Phi) is 18.6. The topological polar surface area (TPSA) is 37.3 Å². The average molecular weight is 415 g/mol. The summed E-state index contributed by atoms with van der Waals surface area (Å²) < 4.78 is 37.8. The van der Waals surface area contributed by atoms with E-state index in [0.29, 0.717) is 12.8 Å². The van der Waals surface area contributed by atoms with Gasteiger partial charge in [-0.15, -0.1) is 0 Å². The lowest BCUT2D eigenvalue weighted by Crippen LogP contribution is -2.30. The van der Waals surface area contributed by atoms with Gasteiger partial charge in [-0.25, -0.2) is 13.2 Å². The Bertz CT molecular complexity index is 526. The summed E-state index contributed by atoms with van der Waals surface area (Å²) >= 11 is 0. The van der Waals surface area contributed by atoms with E-state index in [9.17, 15) is 18.0 Å². The zero-order valence-electron chi connectivity index (χ0n) is 17.8. The summed E-state index contributed by atoms with van der Waals surface area (Å²) in [5.74, 6) is 8.77. The highest BCUT2D eigenvalue weighted by atomic mass is 19.3. The minimum atomic E-state index is -3.24. The molecule has 0 aromatic heterocycles. The lowest BCUT2D eigenvalue weighted by molar-refractivity contribution is -0.147. The van der Waals surface area contributed by atoms with Gasteiger partial charge >= 0.3 is 5.97 Å². The van der Waals surface area contributed by atoms with Crippen LogP contribution in [0, 0.1) is 29.6 Å². The molecule has 0 spiro atoms. The molecule has 5 heteroatoms. The van der Waals surface area contributed by atoms with E-state index < -0.39 is 24.5 Å². The fourth-order valence-electron chi connectivity index (χ4n) is 3.09. The maximum absolute atomic E-state index is 13.2. The molecule has 0 amide bonds. The first-order valence-electron chi connectivity index (χ1n) is 11.1. The van der Waals surface area contributed by atoms with Crippen molar-refractivity contribution in [1.29, 1.82) is 0 Å². The Labute approximate surface area is 175 Å². The van der Waals surface area contributed by atoms with Crippen LogP contribution in [-0.2, 0) is 4.79 Å². The van der Waals surface area contributed by atoms with Crippen molar-refractivity contribution in [2.75, 3.05) is 0 Å². The second-order valence-corrected chi connectivity index (χ2v) is 7.50. The van der Waals surface area contributed by atoms with Gasteiger partial charge in [0.1, 0.15) is 0 Å². The molecule has 2 atom stereocenters. The molecular weight excluding hydrogens is 377 g/mol. The van der Waals surface area contributed by atoms with Gasteiger partial charge in [-0.05, 0) is 31.1 Å². The van der Waals surface area contributed by atoms with Crippen molar-refractivity contribution >= 4 is 5.97 Å². The van der Waals surface area contributed by atoms with Crippen LogP contribution in [0.3, 0.4) is 0 Å². The number of unbranched alkanes of at least 4 members (excludes halogenated alkanes) is 12. The molecule has 0 aromatic rings. The smallest absolute Gasteiger partial charge is 0.309 e. The van der Waals surface area contributed by atoms with E-state index in [4.69, 9.17) is 5.11 Å². The monoisotopic (exact) mass is 414 g/mol. The summed E-state index contributed by atoms with van der Waals surface area (Å²) in [7, 11) is 0. The molecule has 0 bridgehead atoms. The number of hydrogen-bond donors (Lipinski definition) is 1. The minimum Gasteiger partial charge on any atom is -0.481 e. The molecule has 1 N–H and O–H groups in total. The largest absolute Gasteiger partial charge is 0.481 e. The molecule has 0 aliphatic heterocycles. The molecule has 0 saturated carbocycles. The third-order valence-corrected chi connectivity index (χ3v) is 4.90. The molecule has 2 unspecified atom stereocenters. The van der Waals surface area contributed by atoms with Crippen LogP contribution in [0.2, 0.25) is 0 Å². The van der Waals surface area contributed by atoms with Crippen LogP contribution in [0.4, 0.5) is 13.2 Å². The highest BCUT2D eigenvalue weighted by molar-refractivity contribution is 5.70. The van der Waals surface area contributed by atoms with Crippen molar-refractivity contribution in [3.63, 3.8) is 0 Å². The molecule has 0 heterocycles. The zero-order valence-corrected chi connectivity index (χ0v) is 17.8. The summed E-state index contributed by atoms with van der Waals surface area (Å²) in [5.41, 5.74) is 0. The minimum absolute atomic E-state index is 0.0467. The molecule has 166 valence electrons. The van der Waals surface area contributed by atoms with Crippen molar-refractivity contribution in [2.45, 2.75) is 116 Å². The molecule has 0 aliphatic rings. The number of carbonyl (C=O) groups is 1. The van der Waals surface area contributed by atoms with Crippen molar-refractivity contribution < 1.29 is 23.1 Å². The molecule has 2 nitrogen and oxygen atoms in total. The first-order valence-corrected chi connectivity index (χ1v) is 11.1. The van der Waals surface area contributed by atoms with Gasteiger partial charge in [0.05, 0.1) is 5.92 Å². The van der Waals surface area contributed by atoms with E-state index in [-0.39, 0.29) is 6.42 Å². The predicted molar refractivity (Wildman–Crippen MR) is 113 cm³/mol. The second kappa shape index (κ2) is 19.7. The Hall–Kier alpha value is -1.62. The summed E-state index contributed by atoms with van der Waals surface area (Å²) in [5, 5.41) is 8.84. The fourth-order valence-corrected chi connectivity index (χ4v) is 3.09. The lowest BCUT2D eigenvalue weighted by atomic mass is 9.96. The van der Waals surface area contributed by atoms with Crippen molar-refractivity contribution in [3.8, 4) is 23.7 Å². The maximum atomic E-state index is 13.2. The van der Waals surface area contributed by atoms with Crippen LogP contribution in [0.15, 0.2) is 0 Å². The Morgan fingerprint density at radius 2 is 1.21 bits per heavy atom. The van der Waals surface area contributed by atoms with Crippen LogP contribution < -0.4 is 0 Å². The highest BCUT2D eigenvalue weighted by Crippen LogP contribution is 2.22. The van der Waals surface area contributed by atoms with Crippen LogP contribution in [0.1, 0.15) is 103 Å². The van der Waals surface area contributed by atoms with Crippen LogP contribution >= 0.6 is 0 Å². The van der Waals surface area contributed by atoms with Gasteiger partial charge in [0.15, 0.2) is 6.17 Å². The summed E-state index contributed by atoms with van der Waals surface area (Å²) in [6, 6.07) is 0. The quantitative estimate of drug-likeness (QED) is 0.202. The molecule has 0 fully saturated rings. The van der Waals surface area contributed by atoms with E-state index >= 15 is 0 Å². The second-order valence-electron chi connectivity index (χ2n) is 7.50. The van der Waals surface area contributed by atoms with Crippen molar-refractivity contribution in [2.24, 2.45) is 5.92 Å². The third kappa shape index (κ3) is 17.0. The zero-order chi connectivity index (χ0) is 21.7. The van der Waals surface area contributed by atoms with E-state index in [2.05, 4.69) is 30.6 Å². The number of carboxylic acid groups (broad SMARTS) is 1. The van der Waals surface area contributed by atoms with E-state index in [0.717, 1.165) is 38.5 Å². The average Bonchev–Trinajstić information content (AvgIpc) is 2.69. The van der Waals surface area contributed by atoms with Gasteiger partial charge in [-0.3, -0.25) is 4.79 Å². The third-order valence-electron chi connectivity index (χ3n) is 4.90. The summed E-state index contributed by atoms with van der Waals surface area (Å²) in [6.07, 6.45) is 8.65. The molecule has 0 aromatic carbocycles. The lowest BCUT2D eigenvalue weighted by Gasteiger charge is -2.16. The van der Waals surface area contributed by atoms with Gasteiger partial charge < -0.3 is 5.11 Å². The molecule has 0 radical (unpaired) electrons.